The summed E-state index contributed by atoms with van der Waals surface area (Å²) < 4.78 is 37.7. The van der Waals surface area contributed by atoms with Crippen LogP contribution >= 0.6 is 0 Å². The maximum absolute atomic E-state index is 12.6. The highest BCUT2D eigenvalue weighted by Gasteiger charge is 2.30. The summed E-state index contributed by atoms with van der Waals surface area (Å²) in [7, 11) is 0. The second-order valence-corrected chi connectivity index (χ2v) is 5.35. The Balaban J connectivity index is 1.82. The van der Waals surface area contributed by atoms with Crippen molar-refractivity contribution in [2.24, 2.45) is 0 Å². The third-order valence-corrected chi connectivity index (χ3v) is 3.72. The molecule has 3 aromatic rings. The van der Waals surface area contributed by atoms with Gasteiger partial charge in [0.25, 0.3) is 0 Å². The first-order valence-corrected chi connectivity index (χ1v) is 7.14. The second-order valence-electron chi connectivity index (χ2n) is 5.35. The maximum atomic E-state index is 12.6. The molecule has 0 radical (unpaired) electrons. The monoisotopic (exact) mass is 333 g/mol. The zero-order valence-corrected chi connectivity index (χ0v) is 12.7. The van der Waals surface area contributed by atoms with Gasteiger partial charge in [0.1, 0.15) is 0 Å². The van der Waals surface area contributed by atoms with Crippen molar-refractivity contribution in [2.75, 3.05) is 5.73 Å². The smallest absolute Gasteiger partial charge is 0.399 e. The average Bonchev–Trinajstić information content (AvgIpc) is 3.00. The number of tetrazole rings is 1. The molecule has 5 nitrogen and oxygen atoms in total. The third-order valence-electron chi connectivity index (χ3n) is 3.72. The van der Waals surface area contributed by atoms with Crippen molar-refractivity contribution in [3.63, 3.8) is 0 Å². The molecule has 0 aliphatic heterocycles. The van der Waals surface area contributed by atoms with Gasteiger partial charge in [0, 0.05) is 11.3 Å². The molecule has 0 atom stereocenters. The highest BCUT2D eigenvalue weighted by molar-refractivity contribution is 5.54. The van der Waals surface area contributed by atoms with Crippen LogP contribution in [0.1, 0.15) is 16.7 Å². The zero-order valence-electron chi connectivity index (χ0n) is 12.7. The molecule has 2 N–H and O–H groups in total. The number of hydrogen-bond acceptors (Lipinski definition) is 4. The molecule has 0 aliphatic carbocycles. The number of alkyl halides is 3. The molecule has 8 heteroatoms. The number of halogens is 3. The Labute approximate surface area is 135 Å². The summed E-state index contributed by atoms with van der Waals surface area (Å²) >= 11 is 0. The lowest BCUT2D eigenvalue weighted by Crippen LogP contribution is -2.06. The highest BCUT2D eigenvalue weighted by Crippen LogP contribution is 2.30. The van der Waals surface area contributed by atoms with Crippen LogP contribution in [-0.4, -0.2) is 20.2 Å². The van der Waals surface area contributed by atoms with E-state index in [2.05, 4.69) is 15.4 Å². The molecule has 1 heterocycles. The Morgan fingerprint density at radius 3 is 2.46 bits per heavy atom. The van der Waals surface area contributed by atoms with Crippen LogP contribution in [0, 0.1) is 6.92 Å². The van der Waals surface area contributed by atoms with Gasteiger partial charge < -0.3 is 5.73 Å². The van der Waals surface area contributed by atoms with E-state index in [1.165, 1.54) is 16.9 Å². The van der Waals surface area contributed by atoms with Crippen LogP contribution in [0.5, 0.6) is 0 Å². The first kappa shape index (κ1) is 16.0. The Morgan fingerprint density at radius 2 is 1.79 bits per heavy atom. The quantitative estimate of drug-likeness (QED) is 0.747. The zero-order chi connectivity index (χ0) is 17.3. The fraction of sp³-hybridized carbons (Fsp3) is 0.188. The van der Waals surface area contributed by atoms with E-state index in [1.807, 2.05) is 19.1 Å². The molecular weight excluding hydrogens is 319 g/mol. The second kappa shape index (κ2) is 5.95. The van der Waals surface area contributed by atoms with Crippen molar-refractivity contribution in [3.8, 4) is 11.4 Å². The molecule has 24 heavy (non-hydrogen) atoms. The van der Waals surface area contributed by atoms with Crippen LogP contribution in [0.4, 0.5) is 18.9 Å². The average molecular weight is 333 g/mol. The fourth-order valence-corrected chi connectivity index (χ4v) is 2.26. The van der Waals surface area contributed by atoms with Crippen LogP contribution in [-0.2, 0) is 12.7 Å². The molecule has 0 spiro atoms. The summed E-state index contributed by atoms with van der Waals surface area (Å²) in [5, 5.41) is 12.0. The lowest BCUT2D eigenvalue weighted by Gasteiger charge is -2.07. The molecule has 124 valence electrons. The number of rotatable bonds is 3. The van der Waals surface area contributed by atoms with E-state index in [1.54, 1.807) is 6.07 Å². The topological polar surface area (TPSA) is 69.6 Å². The summed E-state index contributed by atoms with van der Waals surface area (Å²) in [6, 6.07) is 10.2. The Bertz CT molecular complexity index is 853. The minimum atomic E-state index is -4.37. The van der Waals surface area contributed by atoms with Gasteiger partial charge >= 0.3 is 6.18 Å². The van der Waals surface area contributed by atoms with Gasteiger partial charge in [-0.1, -0.05) is 24.3 Å². The predicted octanol–water partition coefficient (Wildman–Crippen LogP) is 3.30. The molecule has 3 rings (SSSR count). The van der Waals surface area contributed by atoms with E-state index in [-0.39, 0.29) is 5.82 Å². The lowest BCUT2D eigenvalue weighted by atomic mass is 10.1. The molecular formula is C16H14F3N5. The summed E-state index contributed by atoms with van der Waals surface area (Å²) in [4.78, 5) is 1.38. The molecule has 1 aromatic heterocycles. The fourth-order valence-electron chi connectivity index (χ4n) is 2.26. The number of nitrogens with zero attached hydrogens (tertiary/aromatic N) is 4. The van der Waals surface area contributed by atoms with Crippen molar-refractivity contribution < 1.29 is 13.2 Å². The Hall–Kier alpha value is -2.90. The van der Waals surface area contributed by atoms with Crippen LogP contribution < -0.4 is 5.73 Å². The van der Waals surface area contributed by atoms with Gasteiger partial charge in [-0.25, -0.2) is 0 Å². The van der Waals surface area contributed by atoms with E-state index in [4.69, 9.17) is 5.73 Å². The molecule has 0 fully saturated rings. The van der Waals surface area contributed by atoms with Gasteiger partial charge in [-0.3, -0.25) is 0 Å². The molecule has 0 amide bonds. The van der Waals surface area contributed by atoms with Gasteiger partial charge in [0.05, 0.1) is 12.1 Å². The summed E-state index contributed by atoms with van der Waals surface area (Å²) in [5.41, 5.74) is 8.18. The summed E-state index contributed by atoms with van der Waals surface area (Å²) in [5.74, 6) is 0.269. The number of anilines is 1. The number of aromatic nitrogens is 4. The normalized spacial score (nSPS) is 11.7. The first-order valence-electron chi connectivity index (χ1n) is 7.14. The van der Waals surface area contributed by atoms with Gasteiger partial charge in [-0.2, -0.15) is 18.0 Å². The first-order chi connectivity index (χ1) is 11.3. The minimum absolute atomic E-state index is 0.269. The molecule has 0 unspecified atom stereocenters. The molecule has 0 aliphatic rings. The van der Waals surface area contributed by atoms with Crippen LogP contribution in [0.15, 0.2) is 42.5 Å². The Kier molecular flexibility index (Phi) is 3.96. The van der Waals surface area contributed by atoms with E-state index in [9.17, 15) is 13.2 Å². The van der Waals surface area contributed by atoms with Crippen molar-refractivity contribution in [2.45, 2.75) is 19.6 Å². The lowest BCUT2D eigenvalue weighted by molar-refractivity contribution is -0.137. The molecule has 0 bridgehead atoms. The minimum Gasteiger partial charge on any atom is -0.399 e. The van der Waals surface area contributed by atoms with Crippen molar-refractivity contribution in [3.05, 3.63) is 59.2 Å². The largest absolute Gasteiger partial charge is 0.416 e. The summed E-state index contributed by atoms with van der Waals surface area (Å²) in [6.45, 7) is 2.28. The number of nitrogen functional groups attached to an aromatic ring is 1. The number of hydrogen-bond donors (Lipinski definition) is 1. The third kappa shape index (κ3) is 3.22. The molecule has 0 saturated heterocycles. The van der Waals surface area contributed by atoms with E-state index >= 15 is 0 Å². The van der Waals surface area contributed by atoms with E-state index in [0.717, 1.165) is 23.3 Å². The number of benzene rings is 2. The van der Waals surface area contributed by atoms with Gasteiger partial charge in [0.15, 0.2) is 0 Å². The Morgan fingerprint density at radius 1 is 1.08 bits per heavy atom. The summed E-state index contributed by atoms with van der Waals surface area (Å²) in [6.07, 6.45) is -4.37. The van der Waals surface area contributed by atoms with Crippen molar-refractivity contribution in [1.29, 1.82) is 0 Å². The van der Waals surface area contributed by atoms with E-state index in [0.29, 0.717) is 17.8 Å². The van der Waals surface area contributed by atoms with Gasteiger partial charge in [-0.05, 0) is 41.5 Å². The molecule has 2 aromatic carbocycles. The van der Waals surface area contributed by atoms with Gasteiger partial charge in [-0.15, -0.1) is 10.2 Å². The van der Waals surface area contributed by atoms with E-state index < -0.39 is 11.7 Å². The van der Waals surface area contributed by atoms with Crippen molar-refractivity contribution >= 4 is 5.69 Å². The standard InChI is InChI=1S/C16H14F3N5/c1-10-12(3-2-4-14(10)20)9-24-22-15(21-23-24)11-5-7-13(8-6-11)16(17,18)19/h2-8H,9,20H2,1H3. The maximum Gasteiger partial charge on any atom is 0.416 e. The van der Waals surface area contributed by atoms with Crippen LogP contribution in [0.25, 0.3) is 11.4 Å². The molecule has 0 saturated carbocycles. The predicted molar refractivity (Wildman–Crippen MR) is 82.9 cm³/mol. The van der Waals surface area contributed by atoms with Crippen molar-refractivity contribution in [1.82, 2.24) is 20.2 Å². The van der Waals surface area contributed by atoms with Crippen LogP contribution in [0.3, 0.4) is 0 Å². The highest BCUT2D eigenvalue weighted by atomic mass is 19.4. The SMILES string of the molecule is Cc1c(N)cccc1Cn1nnc(-c2ccc(C(F)(F)F)cc2)n1. The number of nitrogens with two attached hydrogens (primary N) is 1. The van der Waals surface area contributed by atoms with Crippen LogP contribution in [0.2, 0.25) is 0 Å². The van der Waals surface area contributed by atoms with Gasteiger partial charge in [0.2, 0.25) is 5.82 Å².